The number of carbonyl (C=O) groups excluding carboxylic acids is 1. The minimum absolute atomic E-state index is 0.0158. The Hall–Kier alpha value is -1.65. The van der Waals surface area contributed by atoms with Crippen LogP contribution in [0, 0.1) is 24.0 Å². The molecule has 0 N–H and O–H groups in total. The first-order valence-electron chi connectivity index (χ1n) is 3.35. The summed E-state index contributed by atoms with van der Waals surface area (Å²) in [6.07, 6.45) is 2.00. The molecular formula is C7H8N2O3. The zero-order valence-corrected chi connectivity index (χ0v) is 6.77. The van der Waals surface area contributed by atoms with Crippen molar-refractivity contribution in [1.29, 1.82) is 0 Å². The van der Waals surface area contributed by atoms with Crippen LogP contribution in [0.4, 0.5) is 5.69 Å². The molecule has 1 rings (SSSR count). The second kappa shape index (κ2) is 2.77. The fourth-order valence-electron chi connectivity index (χ4n) is 1.16. The molecule has 0 aromatic carbocycles. The quantitative estimate of drug-likeness (QED) is 0.376. The summed E-state index contributed by atoms with van der Waals surface area (Å²) in [5.41, 5.74) is 0.888. The summed E-state index contributed by atoms with van der Waals surface area (Å²) in [5, 5.41) is 10.4. The normalized spacial score (nSPS) is 9.83. The topological polar surface area (TPSA) is 65.1 Å². The molecule has 0 spiro atoms. The number of hydrogen-bond acceptors (Lipinski definition) is 3. The zero-order valence-electron chi connectivity index (χ0n) is 6.77. The van der Waals surface area contributed by atoms with Gasteiger partial charge in [0.2, 0.25) is 6.41 Å². The van der Waals surface area contributed by atoms with Crippen molar-refractivity contribution in [2.24, 2.45) is 0 Å². The van der Waals surface area contributed by atoms with Crippen LogP contribution in [0.1, 0.15) is 11.3 Å². The average Bonchev–Trinajstić information content (AvgIpc) is 2.25. The summed E-state index contributed by atoms with van der Waals surface area (Å²) in [7, 11) is 0. The Morgan fingerprint density at radius 2 is 2.17 bits per heavy atom. The molecule has 5 heteroatoms. The van der Waals surface area contributed by atoms with Gasteiger partial charge in [-0.2, -0.15) is 0 Å². The molecule has 0 aliphatic rings. The lowest BCUT2D eigenvalue weighted by Gasteiger charge is -1.91. The molecule has 5 nitrogen and oxygen atoms in total. The Labute approximate surface area is 68.8 Å². The van der Waals surface area contributed by atoms with Crippen molar-refractivity contribution in [2.75, 3.05) is 0 Å². The Balaban J connectivity index is 3.37. The van der Waals surface area contributed by atoms with Crippen molar-refractivity contribution in [2.45, 2.75) is 13.8 Å². The third kappa shape index (κ3) is 1.09. The number of hydrogen-bond donors (Lipinski definition) is 0. The third-order valence-corrected chi connectivity index (χ3v) is 1.73. The third-order valence-electron chi connectivity index (χ3n) is 1.73. The highest BCUT2D eigenvalue weighted by molar-refractivity contribution is 5.60. The Morgan fingerprint density at radius 3 is 2.42 bits per heavy atom. The number of rotatable bonds is 2. The molecule has 0 amide bonds. The van der Waals surface area contributed by atoms with E-state index in [-0.39, 0.29) is 5.69 Å². The summed E-state index contributed by atoms with van der Waals surface area (Å²) < 4.78 is 1.20. The second-order valence-corrected chi connectivity index (χ2v) is 2.52. The number of carbonyl (C=O) groups is 1. The van der Waals surface area contributed by atoms with Gasteiger partial charge in [-0.1, -0.05) is 0 Å². The lowest BCUT2D eigenvalue weighted by Crippen LogP contribution is -1.96. The van der Waals surface area contributed by atoms with Gasteiger partial charge in [0, 0.05) is 11.8 Å². The van der Waals surface area contributed by atoms with E-state index in [0.29, 0.717) is 17.7 Å². The fraction of sp³-hybridized carbons (Fsp3) is 0.286. The number of nitrogens with zero attached hydrogens (tertiary/aromatic N) is 2. The van der Waals surface area contributed by atoms with Crippen LogP contribution in [0.15, 0.2) is 6.20 Å². The highest BCUT2D eigenvalue weighted by Gasteiger charge is 2.18. The van der Waals surface area contributed by atoms with Gasteiger partial charge in [0.1, 0.15) is 0 Å². The summed E-state index contributed by atoms with van der Waals surface area (Å²) in [6, 6.07) is 0. The number of aryl methyl sites for hydroxylation is 1. The van der Waals surface area contributed by atoms with Gasteiger partial charge >= 0.3 is 0 Å². The van der Waals surface area contributed by atoms with Crippen LogP contribution in [0.5, 0.6) is 0 Å². The van der Waals surface area contributed by atoms with Gasteiger partial charge in [0.15, 0.2) is 0 Å². The molecule has 0 saturated heterocycles. The maximum Gasteiger partial charge on any atom is 0.293 e. The van der Waals surface area contributed by atoms with Gasteiger partial charge in [0.05, 0.1) is 10.6 Å². The Bertz CT molecular complexity index is 341. The SMILES string of the molecule is Cc1cn(C=O)c(C)c1[N+](=O)[O-]. The van der Waals surface area contributed by atoms with E-state index in [2.05, 4.69) is 0 Å². The van der Waals surface area contributed by atoms with Crippen LogP contribution in [-0.2, 0) is 4.79 Å². The van der Waals surface area contributed by atoms with E-state index in [1.165, 1.54) is 10.8 Å². The largest absolute Gasteiger partial charge is 0.293 e. The van der Waals surface area contributed by atoms with Gasteiger partial charge in [-0.15, -0.1) is 0 Å². The molecule has 0 saturated carbocycles. The van der Waals surface area contributed by atoms with Crippen molar-refractivity contribution < 1.29 is 9.72 Å². The van der Waals surface area contributed by atoms with E-state index in [0.717, 1.165) is 0 Å². The lowest BCUT2D eigenvalue weighted by molar-refractivity contribution is -0.385. The van der Waals surface area contributed by atoms with Gasteiger partial charge in [0.25, 0.3) is 5.69 Å². The highest BCUT2D eigenvalue weighted by Crippen LogP contribution is 2.23. The maximum absolute atomic E-state index is 10.4. The summed E-state index contributed by atoms with van der Waals surface area (Å²) >= 11 is 0. The summed E-state index contributed by atoms with van der Waals surface area (Å²) in [6.45, 7) is 3.14. The maximum atomic E-state index is 10.4. The zero-order chi connectivity index (χ0) is 9.30. The minimum atomic E-state index is -0.481. The highest BCUT2D eigenvalue weighted by atomic mass is 16.6. The van der Waals surface area contributed by atoms with E-state index in [9.17, 15) is 14.9 Å². The van der Waals surface area contributed by atoms with E-state index in [4.69, 9.17) is 0 Å². The molecule has 0 fully saturated rings. The van der Waals surface area contributed by atoms with Crippen LogP contribution >= 0.6 is 0 Å². The molecule has 0 atom stereocenters. The van der Waals surface area contributed by atoms with Crippen LogP contribution < -0.4 is 0 Å². The van der Waals surface area contributed by atoms with Crippen molar-refractivity contribution in [3.8, 4) is 0 Å². The molecule has 1 heterocycles. The molecule has 1 aromatic heterocycles. The molecule has 0 aliphatic carbocycles. The predicted molar refractivity (Wildman–Crippen MR) is 42.7 cm³/mol. The minimum Gasteiger partial charge on any atom is -0.287 e. The molecular weight excluding hydrogens is 160 g/mol. The standard InChI is InChI=1S/C7H8N2O3/c1-5-3-8(4-10)6(2)7(5)9(11)12/h3-4H,1-2H3. The van der Waals surface area contributed by atoms with Crippen molar-refractivity contribution in [1.82, 2.24) is 4.57 Å². The van der Waals surface area contributed by atoms with Crippen LogP contribution in [0.2, 0.25) is 0 Å². The first-order chi connectivity index (χ1) is 5.57. The van der Waals surface area contributed by atoms with Crippen molar-refractivity contribution in [3.63, 3.8) is 0 Å². The first kappa shape index (κ1) is 8.45. The number of aromatic nitrogens is 1. The van der Waals surface area contributed by atoms with Crippen LogP contribution in [-0.4, -0.2) is 15.9 Å². The number of nitro groups is 1. The van der Waals surface area contributed by atoms with E-state index < -0.39 is 4.92 Å². The second-order valence-electron chi connectivity index (χ2n) is 2.52. The summed E-state index contributed by atoms with van der Waals surface area (Å²) in [4.78, 5) is 20.3. The van der Waals surface area contributed by atoms with E-state index in [1.807, 2.05) is 0 Å². The molecule has 0 bridgehead atoms. The summed E-state index contributed by atoms with van der Waals surface area (Å²) in [5.74, 6) is 0. The van der Waals surface area contributed by atoms with E-state index >= 15 is 0 Å². The Morgan fingerprint density at radius 1 is 1.58 bits per heavy atom. The fourth-order valence-corrected chi connectivity index (χ4v) is 1.16. The average molecular weight is 168 g/mol. The molecule has 0 unspecified atom stereocenters. The molecule has 0 aliphatic heterocycles. The Kier molecular flexibility index (Phi) is 1.95. The molecule has 12 heavy (non-hydrogen) atoms. The van der Waals surface area contributed by atoms with Crippen LogP contribution in [0.3, 0.4) is 0 Å². The lowest BCUT2D eigenvalue weighted by atomic mass is 10.3. The van der Waals surface area contributed by atoms with Gasteiger partial charge in [-0.05, 0) is 13.8 Å². The van der Waals surface area contributed by atoms with Crippen LogP contribution in [0.25, 0.3) is 0 Å². The van der Waals surface area contributed by atoms with Gasteiger partial charge in [-0.3, -0.25) is 19.5 Å². The van der Waals surface area contributed by atoms with Crippen molar-refractivity contribution in [3.05, 3.63) is 27.6 Å². The van der Waals surface area contributed by atoms with E-state index in [1.54, 1.807) is 13.8 Å². The molecule has 0 radical (unpaired) electrons. The van der Waals surface area contributed by atoms with Crippen molar-refractivity contribution >= 4 is 12.1 Å². The molecule has 1 aromatic rings. The first-order valence-corrected chi connectivity index (χ1v) is 3.35. The monoisotopic (exact) mass is 168 g/mol. The van der Waals surface area contributed by atoms with Gasteiger partial charge < -0.3 is 0 Å². The smallest absolute Gasteiger partial charge is 0.287 e. The molecule has 64 valence electrons. The van der Waals surface area contributed by atoms with Gasteiger partial charge in [-0.25, -0.2) is 0 Å². The predicted octanol–water partition coefficient (Wildman–Crippen LogP) is 1.05.